The van der Waals surface area contributed by atoms with Crippen molar-refractivity contribution in [3.05, 3.63) is 27.9 Å². The number of nitrogens with one attached hydrogen (secondary N) is 2. The first kappa shape index (κ1) is 16.3. The first-order chi connectivity index (χ1) is 9.79. The minimum absolute atomic E-state index is 0.124. The van der Waals surface area contributed by atoms with Crippen molar-refractivity contribution in [1.82, 2.24) is 15.6 Å². The summed E-state index contributed by atoms with van der Waals surface area (Å²) < 4.78 is 5.02. The van der Waals surface area contributed by atoms with Crippen LogP contribution in [0.2, 0.25) is 0 Å². The summed E-state index contributed by atoms with van der Waals surface area (Å²) in [6, 6.07) is 2.09. The van der Waals surface area contributed by atoms with Crippen molar-refractivity contribution < 1.29 is 19.2 Å². The van der Waals surface area contributed by atoms with E-state index in [1.807, 2.05) is 5.32 Å². The summed E-state index contributed by atoms with van der Waals surface area (Å²) in [5.74, 6) is -1.33. The minimum atomic E-state index is -0.719. The predicted molar refractivity (Wildman–Crippen MR) is 72.9 cm³/mol. The zero-order valence-corrected chi connectivity index (χ0v) is 11.9. The molecule has 1 aromatic rings. The average Bonchev–Trinajstić information content (AvgIpc) is 2.35. The van der Waals surface area contributed by atoms with Crippen molar-refractivity contribution >= 4 is 17.8 Å². The Morgan fingerprint density at radius 3 is 2.67 bits per heavy atom. The lowest BCUT2D eigenvalue weighted by Crippen LogP contribution is -2.44. The normalized spacial score (nSPS) is 10.1. The molecule has 0 aliphatic heterocycles. The molecule has 0 unspecified atom stereocenters. The Labute approximate surface area is 120 Å². The Morgan fingerprint density at radius 1 is 1.43 bits per heavy atom. The van der Waals surface area contributed by atoms with Crippen LogP contribution in [0.4, 0.5) is 10.6 Å². The second-order valence-electron chi connectivity index (χ2n) is 4.50. The molecule has 3 amide bonds. The molecule has 9 nitrogen and oxygen atoms in total. The number of pyridine rings is 1. The van der Waals surface area contributed by atoms with Gasteiger partial charge in [0.25, 0.3) is 5.91 Å². The van der Waals surface area contributed by atoms with Crippen LogP contribution in [0.15, 0.2) is 12.1 Å². The lowest BCUT2D eigenvalue weighted by atomic mass is 10.3. The molecule has 0 aromatic carbocycles. The summed E-state index contributed by atoms with van der Waals surface area (Å²) >= 11 is 0. The summed E-state index contributed by atoms with van der Waals surface area (Å²) in [4.78, 5) is 36.6. The van der Waals surface area contributed by atoms with Crippen molar-refractivity contribution in [1.29, 1.82) is 0 Å². The van der Waals surface area contributed by atoms with E-state index in [0.717, 1.165) is 0 Å². The van der Waals surface area contributed by atoms with Crippen LogP contribution in [-0.4, -0.2) is 34.5 Å². The van der Waals surface area contributed by atoms with E-state index >= 15 is 0 Å². The van der Waals surface area contributed by atoms with E-state index in [1.165, 1.54) is 12.1 Å². The topological polar surface area (TPSA) is 123 Å². The largest absolute Gasteiger partial charge is 0.476 e. The van der Waals surface area contributed by atoms with Crippen LogP contribution in [0.5, 0.6) is 5.75 Å². The zero-order chi connectivity index (χ0) is 16.0. The van der Waals surface area contributed by atoms with Crippen molar-refractivity contribution in [2.45, 2.75) is 26.8 Å². The summed E-state index contributed by atoms with van der Waals surface area (Å²) in [6.07, 6.45) is 0. The maximum Gasteiger partial charge on any atom is 0.406 e. The molecule has 114 valence electrons. The summed E-state index contributed by atoms with van der Waals surface area (Å²) in [6.45, 7) is 4.54. The third-order valence-corrected chi connectivity index (χ3v) is 2.18. The van der Waals surface area contributed by atoms with E-state index in [1.54, 1.807) is 20.8 Å². The fourth-order valence-corrected chi connectivity index (χ4v) is 1.38. The van der Waals surface area contributed by atoms with Crippen LogP contribution in [-0.2, 0) is 4.79 Å². The zero-order valence-electron chi connectivity index (χ0n) is 11.9. The predicted octanol–water partition coefficient (Wildman–Crippen LogP) is 0.911. The SMILES string of the molecule is Cc1ccc(OCC(=O)NC(=O)NC(C)C)c([N+](=O)[O-])n1. The Kier molecular flexibility index (Phi) is 5.58. The number of hydrogen-bond acceptors (Lipinski definition) is 6. The van der Waals surface area contributed by atoms with Gasteiger partial charge in [-0.05, 0) is 35.9 Å². The number of carbonyl (C=O) groups is 2. The number of aryl methyl sites for hydroxylation is 1. The van der Waals surface area contributed by atoms with Gasteiger partial charge in [-0.15, -0.1) is 0 Å². The van der Waals surface area contributed by atoms with E-state index in [9.17, 15) is 19.7 Å². The molecule has 0 radical (unpaired) electrons. The van der Waals surface area contributed by atoms with E-state index in [4.69, 9.17) is 4.74 Å². The van der Waals surface area contributed by atoms with Crippen LogP contribution < -0.4 is 15.4 Å². The molecule has 0 aliphatic carbocycles. The molecule has 0 fully saturated rings. The molecule has 1 aromatic heterocycles. The number of ether oxygens (including phenoxy) is 1. The fraction of sp³-hybridized carbons (Fsp3) is 0.417. The van der Waals surface area contributed by atoms with E-state index in [2.05, 4.69) is 10.3 Å². The highest BCUT2D eigenvalue weighted by Crippen LogP contribution is 2.24. The van der Waals surface area contributed by atoms with Crippen molar-refractivity contribution in [3.63, 3.8) is 0 Å². The molecule has 9 heteroatoms. The van der Waals surface area contributed by atoms with Gasteiger partial charge in [0, 0.05) is 13.0 Å². The first-order valence-electron chi connectivity index (χ1n) is 6.14. The molecular weight excluding hydrogens is 280 g/mol. The molecule has 0 spiro atoms. The summed E-state index contributed by atoms with van der Waals surface area (Å²) in [7, 11) is 0. The van der Waals surface area contributed by atoms with Gasteiger partial charge in [0.1, 0.15) is 5.69 Å². The fourth-order valence-electron chi connectivity index (χ4n) is 1.38. The first-order valence-corrected chi connectivity index (χ1v) is 6.14. The molecular formula is C12H16N4O5. The lowest BCUT2D eigenvalue weighted by Gasteiger charge is -2.10. The van der Waals surface area contributed by atoms with E-state index in [0.29, 0.717) is 5.69 Å². The van der Waals surface area contributed by atoms with Crippen LogP contribution in [0, 0.1) is 17.0 Å². The van der Waals surface area contributed by atoms with Gasteiger partial charge in [0.2, 0.25) is 5.75 Å². The smallest absolute Gasteiger partial charge is 0.406 e. The maximum atomic E-state index is 11.5. The molecule has 1 rings (SSSR count). The Hall–Kier alpha value is -2.71. The van der Waals surface area contributed by atoms with Crippen molar-refractivity contribution in [2.24, 2.45) is 0 Å². The van der Waals surface area contributed by atoms with Crippen LogP contribution in [0.25, 0.3) is 0 Å². The molecule has 1 heterocycles. The van der Waals surface area contributed by atoms with Crippen molar-refractivity contribution in [3.8, 4) is 5.75 Å². The number of aromatic nitrogens is 1. The third-order valence-electron chi connectivity index (χ3n) is 2.18. The number of nitrogens with zero attached hydrogens (tertiary/aromatic N) is 2. The second-order valence-corrected chi connectivity index (χ2v) is 4.50. The summed E-state index contributed by atoms with van der Waals surface area (Å²) in [5, 5.41) is 15.3. The highest BCUT2D eigenvalue weighted by Gasteiger charge is 2.19. The van der Waals surface area contributed by atoms with Gasteiger partial charge < -0.3 is 20.2 Å². The van der Waals surface area contributed by atoms with Gasteiger partial charge in [-0.1, -0.05) is 0 Å². The monoisotopic (exact) mass is 296 g/mol. The van der Waals surface area contributed by atoms with Gasteiger partial charge in [-0.2, -0.15) is 0 Å². The quantitative estimate of drug-likeness (QED) is 0.615. The molecule has 2 N–H and O–H groups in total. The van der Waals surface area contributed by atoms with Crippen molar-refractivity contribution in [2.75, 3.05) is 6.61 Å². The number of rotatable bonds is 5. The van der Waals surface area contributed by atoms with Gasteiger partial charge in [0.15, 0.2) is 6.61 Å². The highest BCUT2D eigenvalue weighted by molar-refractivity contribution is 5.95. The Balaban J connectivity index is 2.61. The number of carbonyl (C=O) groups excluding carboxylic acids is 2. The molecule has 0 saturated heterocycles. The number of amides is 3. The average molecular weight is 296 g/mol. The lowest BCUT2D eigenvalue weighted by molar-refractivity contribution is -0.390. The third kappa shape index (κ3) is 5.43. The van der Waals surface area contributed by atoms with Crippen LogP contribution in [0.3, 0.4) is 0 Å². The Morgan fingerprint density at radius 2 is 2.10 bits per heavy atom. The van der Waals surface area contributed by atoms with Gasteiger partial charge in [-0.3, -0.25) is 10.1 Å². The van der Waals surface area contributed by atoms with Crippen LogP contribution in [0.1, 0.15) is 19.5 Å². The van der Waals surface area contributed by atoms with Gasteiger partial charge in [0.05, 0.1) is 0 Å². The number of nitro groups is 1. The Bertz CT molecular complexity index is 559. The van der Waals surface area contributed by atoms with E-state index in [-0.39, 0.29) is 11.8 Å². The molecule has 0 bridgehead atoms. The minimum Gasteiger partial charge on any atom is -0.476 e. The molecule has 0 saturated carbocycles. The van der Waals surface area contributed by atoms with Gasteiger partial charge in [-0.25, -0.2) is 4.79 Å². The number of urea groups is 1. The number of imide groups is 1. The second kappa shape index (κ2) is 7.17. The molecule has 0 atom stereocenters. The molecule has 0 aliphatic rings. The number of hydrogen-bond donors (Lipinski definition) is 2. The summed E-state index contributed by atoms with van der Waals surface area (Å²) in [5.41, 5.74) is 0.454. The maximum absolute atomic E-state index is 11.5. The molecule has 21 heavy (non-hydrogen) atoms. The van der Waals surface area contributed by atoms with Crippen LogP contribution >= 0.6 is 0 Å². The highest BCUT2D eigenvalue weighted by atomic mass is 16.6. The van der Waals surface area contributed by atoms with E-state index < -0.39 is 29.3 Å². The van der Waals surface area contributed by atoms with Gasteiger partial charge >= 0.3 is 11.8 Å². The standard InChI is InChI=1S/C12H16N4O5/c1-7(2)13-12(18)15-10(17)6-21-9-5-4-8(3)14-11(9)16(19)20/h4-5,7H,6H2,1-3H3,(H2,13,15,17,18).